The molecule has 0 saturated carbocycles. The van der Waals surface area contributed by atoms with Crippen LogP contribution in [0, 0.1) is 10.6 Å². The highest BCUT2D eigenvalue weighted by atomic mass is 79.9. The van der Waals surface area contributed by atoms with Crippen LogP contribution in [0.4, 0.5) is 4.39 Å². The largest absolute Gasteiger partial charge is 0.490 e. The van der Waals surface area contributed by atoms with Gasteiger partial charge in [-0.1, -0.05) is 12.1 Å². The van der Waals surface area contributed by atoms with E-state index >= 15 is 0 Å². The van der Waals surface area contributed by atoms with E-state index in [1.165, 1.54) is 12.1 Å². The summed E-state index contributed by atoms with van der Waals surface area (Å²) in [7, 11) is 0. The predicted molar refractivity (Wildman–Crippen MR) is 107 cm³/mol. The number of nitrogens with zero attached hydrogens (tertiary/aromatic N) is 2. The Kier molecular flexibility index (Phi) is 6.46. The van der Waals surface area contributed by atoms with E-state index in [1.807, 2.05) is 19.1 Å². The number of ether oxygens (including phenoxy) is 2. The van der Waals surface area contributed by atoms with Crippen molar-refractivity contribution in [1.82, 2.24) is 14.9 Å². The van der Waals surface area contributed by atoms with Gasteiger partial charge in [0.25, 0.3) is 0 Å². The molecule has 0 spiro atoms. The molecule has 1 heterocycles. The van der Waals surface area contributed by atoms with Gasteiger partial charge in [0.05, 0.1) is 17.6 Å². The first kappa shape index (κ1) is 19.4. The Balaban J connectivity index is 1.75. The first-order valence-electron chi connectivity index (χ1n) is 8.25. The van der Waals surface area contributed by atoms with Gasteiger partial charge in [-0.15, -0.1) is 0 Å². The molecule has 3 aromatic rings. The maximum absolute atomic E-state index is 13.0. The summed E-state index contributed by atoms with van der Waals surface area (Å²) in [6.07, 6.45) is 1.57. The van der Waals surface area contributed by atoms with E-state index in [2.05, 4.69) is 31.6 Å². The Morgan fingerprint density at radius 2 is 2.00 bits per heavy atom. The quantitative estimate of drug-likeness (QED) is 0.490. The van der Waals surface area contributed by atoms with E-state index in [-0.39, 0.29) is 5.82 Å². The zero-order valence-electron chi connectivity index (χ0n) is 14.5. The summed E-state index contributed by atoms with van der Waals surface area (Å²) in [4.78, 5) is 0. The first-order chi connectivity index (χ1) is 13.1. The van der Waals surface area contributed by atoms with Gasteiger partial charge in [0.15, 0.2) is 11.5 Å². The summed E-state index contributed by atoms with van der Waals surface area (Å²) in [6, 6.07) is 10.1. The maximum atomic E-state index is 13.0. The highest BCUT2D eigenvalue weighted by Gasteiger charge is 2.13. The molecule has 0 aliphatic heterocycles. The number of hydrogen-bond donors (Lipinski definition) is 2. The average molecular weight is 453 g/mol. The van der Waals surface area contributed by atoms with Crippen LogP contribution in [0.5, 0.6) is 11.5 Å². The van der Waals surface area contributed by atoms with Crippen molar-refractivity contribution < 1.29 is 13.9 Å². The predicted octanol–water partition coefficient (Wildman–Crippen LogP) is 4.56. The van der Waals surface area contributed by atoms with Crippen molar-refractivity contribution in [3.8, 4) is 11.5 Å². The fourth-order valence-electron chi connectivity index (χ4n) is 2.40. The zero-order valence-corrected chi connectivity index (χ0v) is 16.9. The fraction of sp³-hybridized carbons (Fsp3) is 0.222. The third kappa shape index (κ3) is 5.08. The number of H-pyrrole nitrogens is 1. The van der Waals surface area contributed by atoms with Crippen molar-refractivity contribution in [3.05, 3.63) is 68.9 Å². The number of halogens is 2. The molecule has 3 rings (SSSR count). The number of benzene rings is 2. The van der Waals surface area contributed by atoms with E-state index in [1.54, 1.807) is 23.1 Å². The van der Waals surface area contributed by atoms with Crippen LogP contribution in [0.15, 0.2) is 47.2 Å². The molecular weight excluding hydrogens is 435 g/mol. The minimum atomic E-state index is -0.274. The second-order valence-corrected chi connectivity index (χ2v) is 6.86. The zero-order chi connectivity index (χ0) is 19.2. The van der Waals surface area contributed by atoms with E-state index in [4.69, 9.17) is 21.7 Å². The van der Waals surface area contributed by atoms with E-state index in [0.29, 0.717) is 36.0 Å². The topological polar surface area (TPSA) is 64.1 Å². The number of aromatic nitrogens is 3. The van der Waals surface area contributed by atoms with E-state index < -0.39 is 0 Å². The molecular formula is C18H18BrFN4O2S. The smallest absolute Gasteiger partial charge is 0.214 e. The van der Waals surface area contributed by atoms with Crippen LogP contribution in [-0.4, -0.2) is 21.5 Å². The van der Waals surface area contributed by atoms with Crippen molar-refractivity contribution in [1.29, 1.82) is 0 Å². The average Bonchev–Trinajstić information content (AvgIpc) is 3.06. The molecule has 6 nitrogen and oxygen atoms in total. The van der Waals surface area contributed by atoms with E-state index in [9.17, 15) is 4.39 Å². The lowest BCUT2D eigenvalue weighted by Gasteiger charge is -2.16. The lowest BCUT2D eigenvalue weighted by molar-refractivity contribution is 0.267. The van der Waals surface area contributed by atoms with Gasteiger partial charge in [-0.3, -0.25) is 5.10 Å². The van der Waals surface area contributed by atoms with Crippen LogP contribution in [0.25, 0.3) is 0 Å². The van der Waals surface area contributed by atoms with Crippen molar-refractivity contribution in [2.24, 2.45) is 0 Å². The maximum Gasteiger partial charge on any atom is 0.214 e. The molecule has 2 aromatic carbocycles. The lowest BCUT2D eigenvalue weighted by Crippen LogP contribution is -2.13. The molecule has 0 radical (unpaired) electrons. The lowest BCUT2D eigenvalue weighted by atomic mass is 10.2. The first-order valence-corrected chi connectivity index (χ1v) is 9.45. The number of rotatable bonds is 8. The van der Waals surface area contributed by atoms with Crippen LogP contribution in [0.1, 0.15) is 18.1 Å². The summed E-state index contributed by atoms with van der Waals surface area (Å²) in [6.45, 7) is 3.24. The normalized spacial score (nSPS) is 10.6. The Hall–Kier alpha value is -2.39. The number of nitrogens with one attached hydrogen (secondary N) is 2. The second kappa shape index (κ2) is 9.01. The Labute approximate surface area is 169 Å². The third-order valence-electron chi connectivity index (χ3n) is 3.67. The molecule has 27 heavy (non-hydrogen) atoms. The molecule has 142 valence electrons. The van der Waals surface area contributed by atoms with Crippen LogP contribution in [0.3, 0.4) is 0 Å². The van der Waals surface area contributed by atoms with Crippen molar-refractivity contribution in [2.75, 3.05) is 12.0 Å². The summed E-state index contributed by atoms with van der Waals surface area (Å²) < 4.78 is 27.6. The number of aromatic amines is 1. The van der Waals surface area contributed by atoms with Gasteiger partial charge in [0, 0.05) is 0 Å². The Bertz CT molecular complexity index is 959. The molecule has 0 fully saturated rings. The summed E-state index contributed by atoms with van der Waals surface area (Å²) >= 11 is 8.66. The Morgan fingerprint density at radius 3 is 2.67 bits per heavy atom. The van der Waals surface area contributed by atoms with Crippen molar-refractivity contribution in [3.63, 3.8) is 0 Å². The molecule has 0 aliphatic rings. The van der Waals surface area contributed by atoms with Crippen LogP contribution < -0.4 is 14.9 Å². The highest BCUT2D eigenvalue weighted by Crippen LogP contribution is 2.37. The van der Waals surface area contributed by atoms with Crippen LogP contribution in [-0.2, 0) is 13.2 Å². The summed E-state index contributed by atoms with van der Waals surface area (Å²) in [5, 5.41) is 6.55. The highest BCUT2D eigenvalue weighted by molar-refractivity contribution is 9.10. The van der Waals surface area contributed by atoms with Gasteiger partial charge in [-0.05, 0) is 70.5 Å². The number of hydrogen-bond acceptors (Lipinski definition) is 5. The van der Waals surface area contributed by atoms with Crippen molar-refractivity contribution >= 4 is 28.1 Å². The molecule has 0 atom stereocenters. The van der Waals surface area contributed by atoms with Crippen molar-refractivity contribution in [2.45, 2.75) is 20.1 Å². The molecule has 0 saturated heterocycles. The summed E-state index contributed by atoms with van der Waals surface area (Å²) in [5.41, 5.74) is 5.00. The minimum absolute atomic E-state index is 0.274. The van der Waals surface area contributed by atoms with Crippen LogP contribution >= 0.6 is 28.1 Å². The fourth-order valence-corrected chi connectivity index (χ4v) is 3.17. The molecule has 1 aromatic heterocycles. The SMILES string of the molecule is CCOc1cc(CNn2cn[nH]c2=S)cc(Br)c1OCc1ccc(F)cc1. The van der Waals surface area contributed by atoms with Gasteiger partial charge < -0.3 is 14.9 Å². The second-order valence-electron chi connectivity index (χ2n) is 5.62. The monoisotopic (exact) mass is 452 g/mol. The molecule has 0 aliphatic carbocycles. The molecule has 0 unspecified atom stereocenters. The van der Waals surface area contributed by atoms with Gasteiger partial charge >= 0.3 is 0 Å². The van der Waals surface area contributed by atoms with Gasteiger partial charge in [0.2, 0.25) is 4.77 Å². The minimum Gasteiger partial charge on any atom is -0.490 e. The third-order valence-corrected chi connectivity index (χ3v) is 4.55. The molecule has 9 heteroatoms. The van der Waals surface area contributed by atoms with Gasteiger partial charge in [0.1, 0.15) is 18.8 Å². The van der Waals surface area contributed by atoms with E-state index in [0.717, 1.165) is 15.6 Å². The molecule has 2 N–H and O–H groups in total. The standard InChI is InChI=1S/C18H18BrFN4O2S/c1-2-25-16-8-13(9-22-24-11-21-23-18(24)27)7-15(19)17(16)26-10-12-3-5-14(20)6-4-12/h3-8,11,22H,2,9-10H2,1H3,(H,23,27). The van der Waals surface area contributed by atoms with Gasteiger partial charge in [-0.25, -0.2) is 9.07 Å². The van der Waals surface area contributed by atoms with Gasteiger partial charge in [-0.2, -0.15) is 5.10 Å². The molecule has 0 bridgehead atoms. The Morgan fingerprint density at radius 1 is 1.22 bits per heavy atom. The van der Waals surface area contributed by atoms with Crippen LogP contribution in [0.2, 0.25) is 0 Å². The summed E-state index contributed by atoms with van der Waals surface area (Å²) in [5.74, 6) is 0.955. The molecule has 0 amide bonds.